The van der Waals surface area contributed by atoms with Gasteiger partial charge < -0.3 is 0 Å². The quantitative estimate of drug-likeness (QED) is 0.295. The fraction of sp³-hybridized carbons (Fsp3) is 0. The van der Waals surface area contributed by atoms with Crippen molar-refractivity contribution in [3.05, 3.63) is 114 Å². The molecule has 0 fully saturated rings. The highest BCUT2D eigenvalue weighted by molar-refractivity contribution is 6.30. The first-order valence-electron chi connectivity index (χ1n) is 10.1. The number of hydrogen-bond donors (Lipinski definition) is 0. The van der Waals surface area contributed by atoms with Crippen LogP contribution in [0.2, 0.25) is 5.02 Å². The maximum atomic E-state index is 14.7. The van der Waals surface area contributed by atoms with Crippen LogP contribution >= 0.6 is 11.6 Å². The van der Waals surface area contributed by atoms with Crippen LogP contribution in [-0.2, 0) is 0 Å². The zero-order valence-electron chi connectivity index (χ0n) is 16.9. The predicted octanol–water partition coefficient (Wildman–Crippen LogP) is 7.33. The zero-order valence-corrected chi connectivity index (χ0v) is 17.7. The first-order valence-corrected chi connectivity index (χ1v) is 10.5. The van der Waals surface area contributed by atoms with Gasteiger partial charge in [-0.05, 0) is 35.4 Å². The van der Waals surface area contributed by atoms with E-state index in [1.165, 1.54) is 18.2 Å². The molecule has 0 saturated carbocycles. The van der Waals surface area contributed by atoms with Crippen molar-refractivity contribution in [3.8, 4) is 45.3 Å². The summed E-state index contributed by atoms with van der Waals surface area (Å²) in [5.41, 5.74) is 4.00. The van der Waals surface area contributed by atoms with E-state index in [-0.39, 0.29) is 11.4 Å². The second kappa shape index (κ2) is 8.69. The van der Waals surface area contributed by atoms with Crippen LogP contribution in [0, 0.1) is 5.82 Å². The largest absolute Gasteiger partial charge is 0.208 e. The zero-order chi connectivity index (χ0) is 21.9. The number of benzene rings is 4. The maximum Gasteiger partial charge on any atom is 0.167 e. The summed E-state index contributed by atoms with van der Waals surface area (Å²) in [7, 11) is 0. The van der Waals surface area contributed by atoms with E-state index in [1.54, 1.807) is 0 Å². The monoisotopic (exact) mass is 437 g/mol. The van der Waals surface area contributed by atoms with Crippen molar-refractivity contribution < 1.29 is 4.39 Å². The molecule has 5 rings (SSSR count). The van der Waals surface area contributed by atoms with Gasteiger partial charge in [0, 0.05) is 16.1 Å². The van der Waals surface area contributed by atoms with Gasteiger partial charge in [0.05, 0.1) is 5.56 Å². The van der Waals surface area contributed by atoms with E-state index in [4.69, 9.17) is 16.6 Å². The van der Waals surface area contributed by atoms with Gasteiger partial charge in [-0.2, -0.15) is 0 Å². The van der Waals surface area contributed by atoms with Gasteiger partial charge in [-0.3, -0.25) is 0 Å². The van der Waals surface area contributed by atoms with Crippen molar-refractivity contribution in [3.63, 3.8) is 0 Å². The first-order chi connectivity index (χ1) is 15.7. The molecule has 1 aromatic heterocycles. The Bertz CT molecular complexity index is 1390. The standard InChI is InChI=1S/C27H17ClFN3/c28-22-14-15-24(29)23(17-22)27-31-25(19-10-5-2-6-11-19)30-26(32-27)21-13-7-12-20(16-21)18-8-3-1-4-9-18/h1-17H. The van der Waals surface area contributed by atoms with Gasteiger partial charge >= 0.3 is 0 Å². The highest BCUT2D eigenvalue weighted by Crippen LogP contribution is 2.29. The molecule has 5 aromatic rings. The molecule has 0 unspecified atom stereocenters. The second-order valence-electron chi connectivity index (χ2n) is 7.24. The number of nitrogens with zero attached hydrogens (tertiary/aromatic N) is 3. The molecule has 0 spiro atoms. The van der Waals surface area contributed by atoms with Crippen LogP contribution in [0.15, 0.2) is 103 Å². The molecule has 0 atom stereocenters. The molecule has 0 amide bonds. The average Bonchev–Trinajstić information content (AvgIpc) is 2.86. The third kappa shape index (κ3) is 4.13. The summed E-state index contributed by atoms with van der Waals surface area (Å²) in [6.45, 7) is 0. The minimum atomic E-state index is -0.441. The SMILES string of the molecule is Fc1ccc(Cl)cc1-c1nc(-c2ccccc2)nc(-c2cccc(-c3ccccc3)c2)n1. The van der Waals surface area contributed by atoms with E-state index in [9.17, 15) is 4.39 Å². The molecule has 5 heteroatoms. The smallest absolute Gasteiger partial charge is 0.167 e. The number of hydrogen-bond acceptors (Lipinski definition) is 3. The molecule has 0 bridgehead atoms. The lowest BCUT2D eigenvalue weighted by Crippen LogP contribution is -2.01. The second-order valence-corrected chi connectivity index (χ2v) is 7.68. The molecule has 1 heterocycles. The highest BCUT2D eigenvalue weighted by atomic mass is 35.5. The lowest BCUT2D eigenvalue weighted by Gasteiger charge is -2.10. The Balaban J connectivity index is 1.70. The van der Waals surface area contributed by atoms with Crippen LogP contribution in [0.3, 0.4) is 0 Å². The first kappa shape index (κ1) is 20.0. The van der Waals surface area contributed by atoms with Gasteiger partial charge in [-0.15, -0.1) is 0 Å². The van der Waals surface area contributed by atoms with Crippen molar-refractivity contribution in [1.29, 1.82) is 0 Å². The van der Waals surface area contributed by atoms with Gasteiger partial charge in [-0.25, -0.2) is 19.3 Å². The molecule has 0 N–H and O–H groups in total. The Labute approximate surface area is 190 Å². The van der Waals surface area contributed by atoms with E-state index >= 15 is 0 Å². The van der Waals surface area contributed by atoms with Gasteiger partial charge in [0.2, 0.25) is 0 Å². The molecule has 0 aliphatic rings. The molecule has 0 aliphatic heterocycles. The minimum Gasteiger partial charge on any atom is -0.208 e. The lowest BCUT2D eigenvalue weighted by molar-refractivity contribution is 0.630. The van der Waals surface area contributed by atoms with Crippen molar-refractivity contribution in [2.45, 2.75) is 0 Å². The van der Waals surface area contributed by atoms with Gasteiger partial charge in [0.1, 0.15) is 5.82 Å². The molecule has 4 aromatic carbocycles. The summed E-state index contributed by atoms with van der Waals surface area (Å²) in [4.78, 5) is 13.9. The Morgan fingerprint density at radius 3 is 1.78 bits per heavy atom. The molecule has 0 saturated heterocycles. The normalized spacial score (nSPS) is 10.8. The van der Waals surface area contributed by atoms with Crippen LogP contribution in [0.1, 0.15) is 0 Å². The summed E-state index contributed by atoms with van der Waals surface area (Å²) in [6.07, 6.45) is 0. The molecule has 32 heavy (non-hydrogen) atoms. The summed E-state index contributed by atoms with van der Waals surface area (Å²) < 4.78 is 14.7. The lowest BCUT2D eigenvalue weighted by atomic mass is 10.0. The van der Waals surface area contributed by atoms with Crippen LogP contribution in [0.5, 0.6) is 0 Å². The predicted molar refractivity (Wildman–Crippen MR) is 127 cm³/mol. The van der Waals surface area contributed by atoms with Crippen LogP contribution in [0.4, 0.5) is 4.39 Å². The molecule has 3 nitrogen and oxygen atoms in total. The van der Waals surface area contributed by atoms with E-state index in [2.05, 4.69) is 22.1 Å². The van der Waals surface area contributed by atoms with E-state index in [0.29, 0.717) is 16.7 Å². The molecular weight excluding hydrogens is 421 g/mol. The van der Waals surface area contributed by atoms with Crippen molar-refractivity contribution in [2.75, 3.05) is 0 Å². The van der Waals surface area contributed by atoms with Gasteiger partial charge in [-0.1, -0.05) is 90.5 Å². The van der Waals surface area contributed by atoms with Crippen molar-refractivity contribution in [1.82, 2.24) is 15.0 Å². The van der Waals surface area contributed by atoms with Crippen LogP contribution in [0.25, 0.3) is 45.3 Å². The van der Waals surface area contributed by atoms with Gasteiger partial charge in [0.15, 0.2) is 17.5 Å². The van der Waals surface area contributed by atoms with E-state index in [0.717, 1.165) is 22.3 Å². The van der Waals surface area contributed by atoms with E-state index in [1.807, 2.05) is 72.8 Å². The van der Waals surface area contributed by atoms with Gasteiger partial charge in [0.25, 0.3) is 0 Å². The maximum absolute atomic E-state index is 14.7. The topological polar surface area (TPSA) is 38.7 Å². The van der Waals surface area contributed by atoms with Crippen molar-refractivity contribution >= 4 is 11.6 Å². The molecular formula is C27H17ClFN3. The Morgan fingerprint density at radius 1 is 0.500 bits per heavy atom. The third-order valence-corrected chi connectivity index (χ3v) is 5.30. The fourth-order valence-electron chi connectivity index (χ4n) is 3.48. The van der Waals surface area contributed by atoms with Crippen LogP contribution < -0.4 is 0 Å². The Kier molecular flexibility index (Phi) is 5.44. The van der Waals surface area contributed by atoms with E-state index < -0.39 is 5.82 Å². The molecule has 154 valence electrons. The summed E-state index contributed by atoms with van der Waals surface area (Å²) in [5, 5.41) is 0.413. The molecule has 0 radical (unpaired) electrons. The molecule has 0 aliphatic carbocycles. The fourth-order valence-corrected chi connectivity index (χ4v) is 3.65. The highest BCUT2D eigenvalue weighted by Gasteiger charge is 2.15. The Morgan fingerprint density at radius 2 is 1.06 bits per heavy atom. The number of rotatable bonds is 4. The summed E-state index contributed by atoms with van der Waals surface area (Å²) in [6, 6.07) is 32.0. The Hall–Kier alpha value is -3.89. The minimum absolute atomic E-state index is 0.234. The number of halogens is 2. The van der Waals surface area contributed by atoms with Crippen LogP contribution in [-0.4, -0.2) is 15.0 Å². The third-order valence-electron chi connectivity index (χ3n) is 5.06. The average molecular weight is 438 g/mol. The van der Waals surface area contributed by atoms with Crippen molar-refractivity contribution in [2.24, 2.45) is 0 Å². The number of aromatic nitrogens is 3. The summed E-state index contributed by atoms with van der Waals surface area (Å²) >= 11 is 6.13. The summed E-state index contributed by atoms with van der Waals surface area (Å²) in [5.74, 6) is 0.726.